The van der Waals surface area contributed by atoms with Crippen LogP contribution in [-0.4, -0.2) is 0 Å². The number of fused-ring (bicyclic) bond motifs is 6. The number of hydrogen-bond donors (Lipinski definition) is 0. The number of benzene rings is 8. The van der Waals surface area contributed by atoms with Crippen molar-refractivity contribution in [1.82, 2.24) is 0 Å². The fourth-order valence-electron chi connectivity index (χ4n) is 8.48. The second-order valence-corrected chi connectivity index (χ2v) is 14.2. The molecule has 0 saturated carbocycles. The number of hydrogen-bond acceptors (Lipinski definition) is 0. The van der Waals surface area contributed by atoms with Crippen LogP contribution in [0.4, 0.5) is 0 Å². The zero-order valence-electron chi connectivity index (χ0n) is 28.3. The zero-order valence-corrected chi connectivity index (χ0v) is 28.3. The lowest BCUT2D eigenvalue weighted by Gasteiger charge is -2.23. The summed E-state index contributed by atoms with van der Waals surface area (Å²) in [4.78, 5) is 0. The van der Waals surface area contributed by atoms with Gasteiger partial charge in [-0.1, -0.05) is 141 Å². The maximum absolute atomic E-state index is 2.49. The molecule has 1 aliphatic carbocycles. The fourth-order valence-corrected chi connectivity index (χ4v) is 8.48. The van der Waals surface area contributed by atoms with E-state index in [0.717, 1.165) is 0 Å². The summed E-state index contributed by atoms with van der Waals surface area (Å²) in [7, 11) is 0. The predicted molar refractivity (Wildman–Crippen MR) is 207 cm³/mol. The monoisotopic (exact) mass is 614 g/mol. The van der Waals surface area contributed by atoms with Crippen LogP contribution < -0.4 is 0 Å². The summed E-state index contributed by atoms with van der Waals surface area (Å²) in [6.45, 7) is 11.5. The quantitative estimate of drug-likeness (QED) is 0.174. The molecule has 0 fully saturated rings. The number of aryl methyl sites for hydroxylation is 2. The Morgan fingerprint density at radius 2 is 0.938 bits per heavy atom. The van der Waals surface area contributed by atoms with E-state index in [1.807, 2.05) is 0 Å². The smallest absolute Gasteiger partial charge is 0.0159 e. The highest BCUT2D eigenvalue weighted by molar-refractivity contribution is 6.22. The number of rotatable bonds is 3. The van der Waals surface area contributed by atoms with Gasteiger partial charge in [0.15, 0.2) is 0 Å². The first-order valence-electron chi connectivity index (χ1n) is 17.1. The van der Waals surface area contributed by atoms with E-state index < -0.39 is 0 Å². The zero-order chi connectivity index (χ0) is 32.7. The van der Waals surface area contributed by atoms with Crippen LogP contribution in [0, 0.1) is 20.8 Å². The van der Waals surface area contributed by atoms with Crippen molar-refractivity contribution in [1.29, 1.82) is 0 Å². The van der Waals surface area contributed by atoms with Gasteiger partial charge < -0.3 is 0 Å². The van der Waals surface area contributed by atoms with Gasteiger partial charge >= 0.3 is 0 Å². The van der Waals surface area contributed by atoms with E-state index in [9.17, 15) is 0 Å². The lowest BCUT2D eigenvalue weighted by Crippen LogP contribution is -2.14. The summed E-state index contributed by atoms with van der Waals surface area (Å²) < 4.78 is 0. The van der Waals surface area contributed by atoms with Gasteiger partial charge in [0.2, 0.25) is 0 Å². The Labute approximate surface area is 283 Å². The molecule has 0 aliphatic heterocycles. The molecule has 0 bridgehead atoms. The van der Waals surface area contributed by atoms with Gasteiger partial charge in [0.1, 0.15) is 0 Å². The Kier molecular flexibility index (Phi) is 6.30. The molecule has 8 aromatic rings. The lowest BCUT2D eigenvalue weighted by molar-refractivity contribution is 0.660. The Hall–Kier alpha value is -5.46. The van der Waals surface area contributed by atoms with Gasteiger partial charge in [0.25, 0.3) is 0 Å². The summed E-state index contributed by atoms with van der Waals surface area (Å²) in [5.74, 6) is 0. The van der Waals surface area contributed by atoms with E-state index in [4.69, 9.17) is 0 Å². The highest BCUT2D eigenvalue weighted by Gasteiger charge is 2.35. The first-order valence-corrected chi connectivity index (χ1v) is 17.1. The minimum Gasteiger partial charge on any atom is -0.0619 e. The molecule has 0 saturated heterocycles. The minimum absolute atomic E-state index is 0.0709. The van der Waals surface area contributed by atoms with Crippen LogP contribution in [0.1, 0.15) is 41.7 Å². The topological polar surface area (TPSA) is 0 Å². The maximum Gasteiger partial charge on any atom is 0.0159 e. The van der Waals surface area contributed by atoms with E-state index in [1.165, 1.54) is 105 Å². The van der Waals surface area contributed by atoms with Crippen LogP contribution in [0.25, 0.3) is 76.8 Å². The summed E-state index contributed by atoms with van der Waals surface area (Å²) in [5.41, 5.74) is 17.2. The SMILES string of the molecule is Cc1cc(-c2c3ccccc3c(-c3ccc4c(c3)C(C)(C)c3ccccc3-4)c3cc(-c4cccc5ccccc45)ccc23)cc(C)c1C. The van der Waals surface area contributed by atoms with Crippen LogP contribution in [0.3, 0.4) is 0 Å². The second kappa shape index (κ2) is 10.5. The maximum atomic E-state index is 2.49. The van der Waals surface area contributed by atoms with Crippen molar-refractivity contribution in [2.24, 2.45) is 0 Å². The van der Waals surface area contributed by atoms with E-state index in [1.54, 1.807) is 0 Å². The lowest BCUT2D eigenvalue weighted by atomic mass is 9.80. The molecule has 0 heteroatoms. The molecule has 1 aliphatic rings. The van der Waals surface area contributed by atoms with Gasteiger partial charge in [-0.15, -0.1) is 0 Å². The summed E-state index contributed by atoms with van der Waals surface area (Å²) in [6, 6.07) is 52.6. The van der Waals surface area contributed by atoms with Gasteiger partial charge in [-0.3, -0.25) is 0 Å². The van der Waals surface area contributed by atoms with Crippen molar-refractivity contribution in [2.75, 3.05) is 0 Å². The van der Waals surface area contributed by atoms with Gasteiger partial charge in [-0.2, -0.15) is 0 Å². The van der Waals surface area contributed by atoms with Crippen molar-refractivity contribution in [3.63, 3.8) is 0 Å². The van der Waals surface area contributed by atoms with Gasteiger partial charge in [0.05, 0.1) is 0 Å². The first-order chi connectivity index (χ1) is 23.3. The summed E-state index contributed by atoms with van der Waals surface area (Å²) >= 11 is 0. The third-order valence-corrected chi connectivity index (χ3v) is 11.2. The molecule has 0 spiro atoms. The molecule has 0 nitrogen and oxygen atoms in total. The second-order valence-electron chi connectivity index (χ2n) is 14.2. The van der Waals surface area contributed by atoms with E-state index in [2.05, 4.69) is 174 Å². The van der Waals surface area contributed by atoms with Gasteiger partial charge in [-0.05, 0) is 138 Å². The largest absolute Gasteiger partial charge is 0.0619 e. The molecule has 8 aromatic carbocycles. The molecular weight excluding hydrogens is 577 g/mol. The highest BCUT2D eigenvalue weighted by Crippen LogP contribution is 2.51. The van der Waals surface area contributed by atoms with E-state index in [-0.39, 0.29) is 5.41 Å². The third kappa shape index (κ3) is 4.15. The molecule has 48 heavy (non-hydrogen) atoms. The Morgan fingerprint density at radius 1 is 0.375 bits per heavy atom. The molecule has 0 radical (unpaired) electrons. The average molecular weight is 615 g/mol. The molecule has 0 heterocycles. The van der Waals surface area contributed by atoms with Crippen molar-refractivity contribution < 1.29 is 0 Å². The molecule has 0 N–H and O–H groups in total. The van der Waals surface area contributed by atoms with Gasteiger partial charge in [-0.25, -0.2) is 0 Å². The van der Waals surface area contributed by atoms with Crippen LogP contribution in [0.2, 0.25) is 0 Å². The summed E-state index contributed by atoms with van der Waals surface area (Å²) in [5, 5.41) is 7.71. The molecule has 0 atom stereocenters. The molecule has 230 valence electrons. The van der Waals surface area contributed by atoms with Crippen molar-refractivity contribution in [3.8, 4) is 44.5 Å². The Morgan fingerprint density at radius 3 is 1.71 bits per heavy atom. The Bertz CT molecular complexity index is 2580. The van der Waals surface area contributed by atoms with Crippen LogP contribution >= 0.6 is 0 Å². The highest BCUT2D eigenvalue weighted by atomic mass is 14.4. The van der Waals surface area contributed by atoms with Crippen molar-refractivity contribution >= 4 is 32.3 Å². The first kappa shape index (κ1) is 28.7. The van der Waals surface area contributed by atoms with E-state index in [0.29, 0.717) is 0 Å². The molecular formula is C48H38. The van der Waals surface area contributed by atoms with E-state index >= 15 is 0 Å². The fraction of sp³-hybridized carbons (Fsp3) is 0.125. The molecule has 0 amide bonds. The minimum atomic E-state index is -0.0709. The molecule has 0 aromatic heterocycles. The van der Waals surface area contributed by atoms with Crippen LogP contribution in [0.5, 0.6) is 0 Å². The van der Waals surface area contributed by atoms with Crippen LogP contribution in [0.15, 0.2) is 140 Å². The predicted octanol–water partition coefficient (Wildman–Crippen LogP) is 13.4. The summed E-state index contributed by atoms with van der Waals surface area (Å²) in [6.07, 6.45) is 0. The van der Waals surface area contributed by atoms with Crippen molar-refractivity contribution in [3.05, 3.63) is 167 Å². The standard InChI is InChI=1S/C48H38/c1-29-25-35(26-30(2)31(29)3)47-41-18-9-8-17-40(41)46(34-22-23-39-38-16-10-11-20-44(38)48(4,5)45(39)28-34)43-27-33(21-24-42(43)47)37-19-12-14-32-13-6-7-15-36(32)37/h6-28H,1-5H3. The molecule has 0 unspecified atom stereocenters. The third-order valence-electron chi connectivity index (χ3n) is 11.2. The van der Waals surface area contributed by atoms with Crippen LogP contribution in [-0.2, 0) is 5.41 Å². The normalized spacial score (nSPS) is 13.3. The molecule has 9 rings (SSSR count). The average Bonchev–Trinajstić information content (AvgIpc) is 3.34. The van der Waals surface area contributed by atoms with Crippen molar-refractivity contribution in [2.45, 2.75) is 40.0 Å². The van der Waals surface area contributed by atoms with Gasteiger partial charge in [0, 0.05) is 5.41 Å². The Balaban J connectivity index is 1.40.